The molecule has 4 N–H and O–H groups in total. The van der Waals surface area contributed by atoms with Crippen LogP contribution in [0.3, 0.4) is 0 Å². The molecule has 1 fully saturated rings. The number of H-pyrrole nitrogens is 1. The normalized spacial score (nSPS) is 19.8. The van der Waals surface area contributed by atoms with Crippen LogP contribution < -0.4 is 21.5 Å². The van der Waals surface area contributed by atoms with E-state index in [1.807, 2.05) is 0 Å². The Balaban J connectivity index is 2.20. The van der Waals surface area contributed by atoms with E-state index in [0.29, 0.717) is 11.9 Å². The lowest BCUT2D eigenvalue weighted by Crippen LogP contribution is -2.39. The Morgan fingerprint density at radius 3 is 3.29 bits per heavy atom. The van der Waals surface area contributed by atoms with Gasteiger partial charge in [0.15, 0.2) is 5.82 Å². The van der Waals surface area contributed by atoms with Gasteiger partial charge in [0.1, 0.15) is 5.69 Å². The number of likely N-dealkylation sites (N-methyl/N-ethyl adjacent to an activating group) is 1. The van der Waals surface area contributed by atoms with E-state index in [-0.39, 0.29) is 11.2 Å². The van der Waals surface area contributed by atoms with Gasteiger partial charge in [0.05, 0.1) is 6.33 Å². The van der Waals surface area contributed by atoms with Crippen LogP contribution in [0, 0.1) is 0 Å². The SMILES string of the molecule is CCNCC1CCCN1c1nc[nH]c(=O)c1N. The number of rotatable bonds is 4. The Labute approximate surface area is 100 Å². The molecule has 6 nitrogen and oxygen atoms in total. The lowest BCUT2D eigenvalue weighted by atomic mass is 10.2. The Hall–Kier alpha value is -1.56. The number of aromatic nitrogens is 2. The summed E-state index contributed by atoms with van der Waals surface area (Å²) in [4.78, 5) is 20.3. The number of nitrogens with one attached hydrogen (secondary N) is 2. The summed E-state index contributed by atoms with van der Waals surface area (Å²) in [5.74, 6) is 0.620. The first-order chi connectivity index (χ1) is 8.24. The first-order valence-corrected chi connectivity index (χ1v) is 6.04. The first kappa shape index (κ1) is 11.9. The van der Waals surface area contributed by atoms with Crippen molar-refractivity contribution in [2.75, 3.05) is 30.3 Å². The second kappa shape index (κ2) is 5.18. The van der Waals surface area contributed by atoms with Crippen molar-refractivity contribution in [3.63, 3.8) is 0 Å². The molecule has 6 heteroatoms. The van der Waals surface area contributed by atoms with Gasteiger partial charge in [0.2, 0.25) is 0 Å². The third-order valence-corrected chi connectivity index (χ3v) is 3.15. The molecule has 0 bridgehead atoms. The van der Waals surface area contributed by atoms with Crippen molar-refractivity contribution >= 4 is 11.5 Å². The highest BCUT2D eigenvalue weighted by atomic mass is 16.1. The smallest absolute Gasteiger partial charge is 0.276 e. The highest BCUT2D eigenvalue weighted by Gasteiger charge is 2.27. The topological polar surface area (TPSA) is 87.0 Å². The van der Waals surface area contributed by atoms with Crippen molar-refractivity contribution in [3.05, 3.63) is 16.7 Å². The molecule has 0 aromatic carbocycles. The molecule has 0 amide bonds. The summed E-state index contributed by atoms with van der Waals surface area (Å²) in [5.41, 5.74) is 5.74. The molecule has 94 valence electrons. The summed E-state index contributed by atoms with van der Waals surface area (Å²) < 4.78 is 0. The Kier molecular flexibility index (Phi) is 3.63. The molecule has 0 aliphatic carbocycles. The lowest BCUT2D eigenvalue weighted by molar-refractivity contribution is 0.584. The summed E-state index contributed by atoms with van der Waals surface area (Å²) in [6, 6.07) is 0.381. The van der Waals surface area contributed by atoms with Gasteiger partial charge in [-0.25, -0.2) is 4.98 Å². The van der Waals surface area contributed by atoms with Gasteiger partial charge < -0.3 is 20.9 Å². The van der Waals surface area contributed by atoms with Gasteiger partial charge in [0, 0.05) is 19.1 Å². The van der Waals surface area contributed by atoms with Crippen LogP contribution in [0.2, 0.25) is 0 Å². The van der Waals surface area contributed by atoms with Gasteiger partial charge in [-0.15, -0.1) is 0 Å². The molecule has 0 saturated carbocycles. The van der Waals surface area contributed by atoms with Gasteiger partial charge in [-0.3, -0.25) is 4.79 Å². The maximum absolute atomic E-state index is 11.5. The van der Waals surface area contributed by atoms with Gasteiger partial charge in [-0.1, -0.05) is 6.92 Å². The van der Waals surface area contributed by atoms with Crippen molar-refractivity contribution < 1.29 is 0 Å². The minimum atomic E-state index is -0.260. The number of hydrogen-bond donors (Lipinski definition) is 3. The summed E-state index contributed by atoms with van der Waals surface area (Å²) >= 11 is 0. The van der Waals surface area contributed by atoms with E-state index in [0.717, 1.165) is 32.5 Å². The van der Waals surface area contributed by atoms with Gasteiger partial charge in [-0.05, 0) is 19.4 Å². The zero-order valence-electron chi connectivity index (χ0n) is 10.1. The van der Waals surface area contributed by atoms with Gasteiger partial charge in [-0.2, -0.15) is 0 Å². The molecule has 17 heavy (non-hydrogen) atoms. The molecule has 2 rings (SSSR count). The predicted molar refractivity (Wildman–Crippen MR) is 68.2 cm³/mol. The molecule has 1 aliphatic heterocycles. The maximum Gasteiger partial charge on any atom is 0.276 e. The third-order valence-electron chi connectivity index (χ3n) is 3.15. The predicted octanol–water partition coefficient (Wildman–Crippen LogP) is -0.0696. The molecule has 1 aliphatic rings. The maximum atomic E-state index is 11.5. The average Bonchev–Trinajstić information content (AvgIpc) is 2.78. The zero-order valence-corrected chi connectivity index (χ0v) is 10.1. The van der Waals surface area contributed by atoms with Crippen LogP contribution in [0.25, 0.3) is 0 Å². The van der Waals surface area contributed by atoms with Gasteiger partial charge in [0.25, 0.3) is 5.56 Å². The standard InChI is InChI=1S/C11H19N5O/c1-2-13-6-8-4-3-5-16(8)10-9(12)11(17)15-7-14-10/h7-8,13H,2-6,12H2,1H3,(H,14,15,17). The largest absolute Gasteiger partial charge is 0.391 e. The van der Waals surface area contributed by atoms with Crippen LogP contribution in [0.1, 0.15) is 19.8 Å². The third kappa shape index (κ3) is 2.41. The quantitative estimate of drug-likeness (QED) is 0.682. The van der Waals surface area contributed by atoms with E-state index >= 15 is 0 Å². The van der Waals surface area contributed by atoms with Crippen molar-refractivity contribution in [3.8, 4) is 0 Å². The summed E-state index contributed by atoms with van der Waals surface area (Å²) in [7, 11) is 0. The van der Waals surface area contributed by atoms with Crippen LogP contribution in [-0.4, -0.2) is 35.6 Å². The number of anilines is 2. The molecule has 0 spiro atoms. The molecule has 1 aromatic rings. The fourth-order valence-electron chi connectivity index (χ4n) is 2.27. The van der Waals surface area contributed by atoms with E-state index < -0.39 is 0 Å². The Bertz CT molecular complexity index is 430. The molecule has 2 heterocycles. The number of nitrogens with zero attached hydrogens (tertiary/aromatic N) is 2. The van der Waals surface area contributed by atoms with Crippen molar-refractivity contribution in [1.82, 2.24) is 15.3 Å². The average molecular weight is 237 g/mol. The fourth-order valence-corrected chi connectivity index (χ4v) is 2.27. The molecular formula is C11H19N5O. The highest BCUT2D eigenvalue weighted by Crippen LogP contribution is 2.25. The van der Waals surface area contributed by atoms with Crippen LogP contribution in [0.4, 0.5) is 11.5 Å². The van der Waals surface area contributed by atoms with Crippen LogP contribution in [0.5, 0.6) is 0 Å². The number of nitrogen functional groups attached to an aromatic ring is 1. The summed E-state index contributed by atoms with van der Waals surface area (Å²) in [5, 5.41) is 3.33. The zero-order chi connectivity index (χ0) is 12.3. The molecule has 1 aromatic heterocycles. The molecule has 0 radical (unpaired) electrons. The monoisotopic (exact) mass is 237 g/mol. The van der Waals surface area contributed by atoms with Crippen LogP contribution in [0.15, 0.2) is 11.1 Å². The lowest BCUT2D eigenvalue weighted by Gasteiger charge is -2.26. The van der Waals surface area contributed by atoms with Crippen LogP contribution >= 0.6 is 0 Å². The molecular weight excluding hydrogens is 218 g/mol. The van der Waals surface area contributed by atoms with E-state index in [4.69, 9.17) is 5.73 Å². The molecule has 1 atom stereocenters. The Morgan fingerprint density at radius 2 is 2.53 bits per heavy atom. The van der Waals surface area contributed by atoms with Crippen LogP contribution in [-0.2, 0) is 0 Å². The van der Waals surface area contributed by atoms with E-state index in [9.17, 15) is 4.79 Å². The number of nitrogens with two attached hydrogens (primary N) is 1. The summed E-state index contributed by atoms with van der Waals surface area (Å²) in [6.45, 7) is 4.85. The summed E-state index contributed by atoms with van der Waals surface area (Å²) in [6.07, 6.45) is 3.64. The fraction of sp³-hybridized carbons (Fsp3) is 0.636. The highest BCUT2D eigenvalue weighted by molar-refractivity contribution is 5.61. The minimum Gasteiger partial charge on any atom is -0.391 e. The van der Waals surface area contributed by atoms with E-state index in [1.165, 1.54) is 6.33 Å². The van der Waals surface area contributed by atoms with Crippen molar-refractivity contribution in [2.24, 2.45) is 0 Å². The number of aromatic amines is 1. The van der Waals surface area contributed by atoms with E-state index in [2.05, 4.69) is 27.1 Å². The van der Waals surface area contributed by atoms with E-state index in [1.54, 1.807) is 0 Å². The van der Waals surface area contributed by atoms with Crippen molar-refractivity contribution in [2.45, 2.75) is 25.8 Å². The molecule has 1 unspecified atom stereocenters. The Morgan fingerprint density at radius 1 is 1.71 bits per heavy atom. The second-order valence-electron chi connectivity index (χ2n) is 4.27. The van der Waals surface area contributed by atoms with Gasteiger partial charge >= 0.3 is 0 Å². The molecule has 1 saturated heterocycles. The van der Waals surface area contributed by atoms with Crippen molar-refractivity contribution in [1.29, 1.82) is 0 Å². The first-order valence-electron chi connectivity index (χ1n) is 6.04. The second-order valence-corrected chi connectivity index (χ2v) is 4.27. The minimum absolute atomic E-state index is 0.218. The number of hydrogen-bond acceptors (Lipinski definition) is 5.